The molecule has 5 nitrogen and oxygen atoms in total. The molecular weight excluding hydrogens is 340 g/mol. The van der Waals surface area contributed by atoms with E-state index in [2.05, 4.69) is 6.92 Å². The molecule has 27 heavy (non-hydrogen) atoms. The van der Waals surface area contributed by atoms with Crippen LogP contribution in [-0.4, -0.2) is 34.7 Å². The van der Waals surface area contributed by atoms with Crippen molar-refractivity contribution < 1.29 is 14.0 Å². The van der Waals surface area contributed by atoms with E-state index in [1.54, 1.807) is 16.1 Å². The number of benzene rings is 1. The highest BCUT2D eigenvalue weighted by atomic mass is 16.3. The zero-order valence-electron chi connectivity index (χ0n) is 16.4. The first-order valence-electron chi connectivity index (χ1n) is 9.75. The third kappa shape index (κ3) is 6.93. The van der Waals surface area contributed by atoms with Crippen molar-refractivity contribution in [3.8, 4) is 0 Å². The molecule has 0 saturated carbocycles. The summed E-state index contributed by atoms with van der Waals surface area (Å²) in [5, 5.41) is 0. The van der Waals surface area contributed by atoms with Gasteiger partial charge in [0.25, 0.3) is 0 Å². The highest BCUT2D eigenvalue weighted by Gasteiger charge is 2.21. The molecule has 146 valence electrons. The summed E-state index contributed by atoms with van der Waals surface area (Å²) in [6.07, 6.45) is 4.77. The lowest BCUT2D eigenvalue weighted by Gasteiger charge is -2.27. The van der Waals surface area contributed by atoms with E-state index < -0.39 is 0 Å². The SMILES string of the molecule is CCCCC(=O)N(CCC)CC(=O)N(Cc1ccccc1)Cc1ccco1. The molecule has 0 aliphatic carbocycles. The monoisotopic (exact) mass is 370 g/mol. The van der Waals surface area contributed by atoms with Crippen LogP contribution in [0.2, 0.25) is 0 Å². The summed E-state index contributed by atoms with van der Waals surface area (Å²) in [6, 6.07) is 13.6. The molecule has 0 N–H and O–H groups in total. The van der Waals surface area contributed by atoms with Crippen LogP contribution < -0.4 is 0 Å². The first-order chi connectivity index (χ1) is 13.1. The van der Waals surface area contributed by atoms with Crippen molar-refractivity contribution in [1.82, 2.24) is 9.80 Å². The number of rotatable bonds is 11. The Labute approximate surface area is 162 Å². The number of furan rings is 1. The van der Waals surface area contributed by atoms with Crippen molar-refractivity contribution >= 4 is 11.8 Å². The molecule has 0 radical (unpaired) electrons. The standard InChI is InChI=1S/C22H30N2O3/c1-3-5-13-21(25)23(14-4-2)18-22(26)24(17-20-12-9-15-27-20)16-19-10-7-6-8-11-19/h6-12,15H,3-5,13-14,16-18H2,1-2H3. The van der Waals surface area contributed by atoms with Gasteiger partial charge in [-0.2, -0.15) is 0 Å². The number of hydrogen-bond donors (Lipinski definition) is 0. The summed E-state index contributed by atoms with van der Waals surface area (Å²) in [4.78, 5) is 28.9. The van der Waals surface area contributed by atoms with Gasteiger partial charge >= 0.3 is 0 Å². The van der Waals surface area contributed by atoms with Crippen molar-refractivity contribution in [1.29, 1.82) is 0 Å². The molecule has 0 aliphatic rings. The lowest BCUT2D eigenvalue weighted by Crippen LogP contribution is -2.42. The molecular formula is C22H30N2O3. The zero-order valence-corrected chi connectivity index (χ0v) is 16.4. The molecule has 2 amide bonds. The van der Waals surface area contributed by atoms with E-state index in [-0.39, 0.29) is 18.4 Å². The van der Waals surface area contributed by atoms with Crippen LogP contribution in [0.3, 0.4) is 0 Å². The average molecular weight is 370 g/mol. The Morgan fingerprint density at radius 2 is 1.67 bits per heavy atom. The maximum absolute atomic E-state index is 13.0. The maximum atomic E-state index is 13.0. The Morgan fingerprint density at radius 3 is 2.30 bits per heavy atom. The lowest BCUT2D eigenvalue weighted by atomic mass is 10.2. The van der Waals surface area contributed by atoms with Gasteiger partial charge in [-0.05, 0) is 30.5 Å². The second kappa shape index (κ2) is 11.2. The summed E-state index contributed by atoms with van der Waals surface area (Å²) < 4.78 is 5.43. The minimum Gasteiger partial charge on any atom is -0.467 e. The normalized spacial score (nSPS) is 10.6. The minimum absolute atomic E-state index is 0.0599. The Hall–Kier alpha value is -2.56. The summed E-state index contributed by atoms with van der Waals surface area (Å²) in [7, 11) is 0. The number of carbonyl (C=O) groups is 2. The van der Waals surface area contributed by atoms with E-state index in [9.17, 15) is 9.59 Å². The second-order valence-corrected chi connectivity index (χ2v) is 6.73. The molecule has 5 heteroatoms. The highest BCUT2D eigenvalue weighted by molar-refractivity contribution is 5.84. The fourth-order valence-electron chi connectivity index (χ4n) is 2.94. The van der Waals surface area contributed by atoms with Gasteiger partial charge < -0.3 is 14.2 Å². The second-order valence-electron chi connectivity index (χ2n) is 6.73. The van der Waals surface area contributed by atoms with Crippen LogP contribution >= 0.6 is 0 Å². The van der Waals surface area contributed by atoms with Crippen molar-refractivity contribution in [3.63, 3.8) is 0 Å². The fraction of sp³-hybridized carbons (Fsp3) is 0.455. The Morgan fingerprint density at radius 1 is 0.889 bits per heavy atom. The van der Waals surface area contributed by atoms with Crippen LogP contribution in [0.15, 0.2) is 53.1 Å². The summed E-state index contributed by atoms with van der Waals surface area (Å²) >= 11 is 0. The minimum atomic E-state index is -0.0615. The van der Waals surface area contributed by atoms with Gasteiger partial charge in [-0.25, -0.2) is 0 Å². The zero-order chi connectivity index (χ0) is 19.5. The molecule has 1 aromatic carbocycles. The number of unbranched alkanes of at least 4 members (excludes halogenated alkanes) is 1. The molecule has 1 aromatic heterocycles. The van der Waals surface area contributed by atoms with Crippen LogP contribution in [0.25, 0.3) is 0 Å². The van der Waals surface area contributed by atoms with Gasteiger partial charge in [0.1, 0.15) is 5.76 Å². The average Bonchev–Trinajstić information content (AvgIpc) is 3.19. The van der Waals surface area contributed by atoms with Crippen LogP contribution in [0, 0.1) is 0 Å². The van der Waals surface area contributed by atoms with Gasteiger partial charge in [0.2, 0.25) is 11.8 Å². The first kappa shape index (κ1) is 20.7. The predicted molar refractivity (Wildman–Crippen MR) is 106 cm³/mol. The number of carbonyl (C=O) groups excluding carboxylic acids is 2. The van der Waals surface area contributed by atoms with Crippen molar-refractivity contribution in [2.24, 2.45) is 0 Å². The molecule has 0 atom stereocenters. The van der Waals surface area contributed by atoms with Gasteiger partial charge in [0, 0.05) is 19.5 Å². The molecule has 0 saturated heterocycles. The van der Waals surface area contributed by atoms with Crippen molar-refractivity contribution in [2.45, 2.75) is 52.6 Å². The summed E-state index contributed by atoms with van der Waals surface area (Å²) in [5.74, 6) is 0.733. The number of amides is 2. The number of nitrogens with zero attached hydrogens (tertiary/aromatic N) is 2. The van der Waals surface area contributed by atoms with E-state index in [1.807, 2.05) is 49.4 Å². The first-order valence-corrected chi connectivity index (χ1v) is 9.75. The lowest BCUT2D eigenvalue weighted by molar-refractivity contribution is -0.141. The maximum Gasteiger partial charge on any atom is 0.242 e. The van der Waals surface area contributed by atoms with E-state index in [0.717, 1.165) is 30.6 Å². The number of hydrogen-bond acceptors (Lipinski definition) is 3. The van der Waals surface area contributed by atoms with Gasteiger partial charge in [-0.1, -0.05) is 50.6 Å². The highest BCUT2D eigenvalue weighted by Crippen LogP contribution is 2.12. The third-order valence-corrected chi connectivity index (χ3v) is 4.41. The Bertz CT molecular complexity index is 683. The fourth-order valence-corrected chi connectivity index (χ4v) is 2.94. The topological polar surface area (TPSA) is 53.8 Å². The smallest absolute Gasteiger partial charge is 0.242 e. The van der Waals surface area contributed by atoms with Crippen LogP contribution in [0.1, 0.15) is 50.9 Å². The van der Waals surface area contributed by atoms with Crippen LogP contribution in [0.5, 0.6) is 0 Å². The van der Waals surface area contributed by atoms with Gasteiger partial charge in [0.05, 0.1) is 19.4 Å². The molecule has 0 fully saturated rings. The molecule has 2 aromatic rings. The van der Waals surface area contributed by atoms with E-state index in [0.29, 0.717) is 26.1 Å². The summed E-state index contributed by atoms with van der Waals surface area (Å²) in [6.45, 7) is 5.69. The van der Waals surface area contributed by atoms with Gasteiger partial charge in [-0.15, -0.1) is 0 Å². The van der Waals surface area contributed by atoms with Gasteiger partial charge in [0.15, 0.2) is 0 Å². The Balaban J connectivity index is 2.09. The molecule has 1 heterocycles. The van der Waals surface area contributed by atoms with Crippen LogP contribution in [-0.2, 0) is 22.7 Å². The third-order valence-electron chi connectivity index (χ3n) is 4.41. The van der Waals surface area contributed by atoms with Crippen molar-refractivity contribution in [2.75, 3.05) is 13.1 Å². The van der Waals surface area contributed by atoms with E-state index in [4.69, 9.17) is 4.42 Å². The summed E-state index contributed by atoms with van der Waals surface area (Å²) in [5.41, 5.74) is 1.05. The molecule has 0 spiro atoms. The van der Waals surface area contributed by atoms with Crippen molar-refractivity contribution in [3.05, 3.63) is 60.1 Å². The van der Waals surface area contributed by atoms with E-state index >= 15 is 0 Å². The largest absolute Gasteiger partial charge is 0.467 e. The quantitative estimate of drug-likeness (QED) is 0.594. The molecule has 0 aliphatic heterocycles. The van der Waals surface area contributed by atoms with Gasteiger partial charge in [-0.3, -0.25) is 9.59 Å². The van der Waals surface area contributed by atoms with E-state index in [1.165, 1.54) is 0 Å². The molecule has 0 unspecified atom stereocenters. The molecule has 2 rings (SSSR count). The Kier molecular flexibility index (Phi) is 8.62. The van der Waals surface area contributed by atoms with Crippen LogP contribution in [0.4, 0.5) is 0 Å². The predicted octanol–water partition coefficient (Wildman–Crippen LogP) is 4.24. The molecule has 0 bridgehead atoms.